The predicted octanol–water partition coefficient (Wildman–Crippen LogP) is 4.69. The Morgan fingerprint density at radius 1 is 1.12 bits per heavy atom. The molecular formula is C15H14ClF. The van der Waals surface area contributed by atoms with Crippen LogP contribution in [0, 0.1) is 19.7 Å². The monoisotopic (exact) mass is 248 g/mol. The quantitative estimate of drug-likeness (QED) is 0.724. The minimum absolute atomic E-state index is 0.165. The van der Waals surface area contributed by atoms with Gasteiger partial charge in [-0.05, 0) is 48.2 Å². The molecular weight excluding hydrogens is 235 g/mol. The first kappa shape index (κ1) is 12.1. The molecule has 2 heteroatoms. The molecule has 0 amide bonds. The zero-order valence-corrected chi connectivity index (χ0v) is 10.7. The molecule has 0 aliphatic carbocycles. The fourth-order valence-corrected chi connectivity index (χ4v) is 2.14. The average molecular weight is 249 g/mol. The maximum absolute atomic E-state index is 13.5. The van der Waals surface area contributed by atoms with E-state index < -0.39 is 0 Å². The molecule has 2 rings (SSSR count). The van der Waals surface area contributed by atoms with Crippen molar-refractivity contribution in [1.29, 1.82) is 0 Å². The standard InChI is InChI=1S/C15H14ClF/c1-10-7-12(9-14(16)11(10)2)8-13-5-3-4-6-15(13)17/h3-7,9H,8H2,1-2H3. The Balaban J connectivity index is 2.34. The molecule has 0 atom stereocenters. The summed E-state index contributed by atoms with van der Waals surface area (Å²) in [4.78, 5) is 0. The predicted molar refractivity (Wildman–Crippen MR) is 70.1 cm³/mol. The van der Waals surface area contributed by atoms with Gasteiger partial charge in [-0.25, -0.2) is 4.39 Å². The fraction of sp³-hybridized carbons (Fsp3) is 0.200. The zero-order valence-electron chi connectivity index (χ0n) is 9.93. The lowest BCUT2D eigenvalue weighted by Gasteiger charge is -2.08. The van der Waals surface area contributed by atoms with Crippen LogP contribution in [0.4, 0.5) is 4.39 Å². The highest BCUT2D eigenvalue weighted by Gasteiger charge is 2.06. The second-order valence-electron chi connectivity index (χ2n) is 4.29. The van der Waals surface area contributed by atoms with E-state index in [1.54, 1.807) is 12.1 Å². The van der Waals surface area contributed by atoms with E-state index >= 15 is 0 Å². The lowest BCUT2D eigenvalue weighted by Crippen LogP contribution is -1.94. The molecule has 17 heavy (non-hydrogen) atoms. The van der Waals surface area contributed by atoms with Crippen molar-refractivity contribution in [2.45, 2.75) is 20.3 Å². The van der Waals surface area contributed by atoms with Crippen LogP contribution in [0.25, 0.3) is 0 Å². The smallest absolute Gasteiger partial charge is 0.126 e. The number of aryl methyl sites for hydroxylation is 1. The molecule has 2 aromatic rings. The molecule has 0 fully saturated rings. The van der Waals surface area contributed by atoms with Gasteiger partial charge < -0.3 is 0 Å². The van der Waals surface area contributed by atoms with Crippen LogP contribution in [-0.2, 0) is 6.42 Å². The normalized spacial score (nSPS) is 10.6. The van der Waals surface area contributed by atoms with Gasteiger partial charge in [0.25, 0.3) is 0 Å². The number of benzene rings is 2. The number of halogens is 2. The molecule has 0 aromatic heterocycles. The Hall–Kier alpha value is -1.34. The van der Waals surface area contributed by atoms with E-state index in [0.29, 0.717) is 12.0 Å². The second-order valence-corrected chi connectivity index (χ2v) is 4.69. The Kier molecular flexibility index (Phi) is 3.49. The molecule has 0 aliphatic rings. The van der Waals surface area contributed by atoms with E-state index in [0.717, 1.165) is 21.7 Å². The third-order valence-corrected chi connectivity index (χ3v) is 3.41. The molecule has 0 unspecified atom stereocenters. The van der Waals surface area contributed by atoms with Crippen molar-refractivity contribution in [3.05, 3.63) is 69.5 Å². The van der Waals surface area contributed by atoms with Crippen LogP contribution in [0.1, 0.15) is 22.3 Å². The van der Waals surface area contributed by atoms with Crippen molar-refractivity contribution < 1.29 is 4.39 Å². The van der Waals surface area contributed by atoms with Gasteiger partial charge >= 0.3 is 0 Å². The summed E-state index contributed by atoms with van der Waals surface area (Å²) in [5.74, 6) is -0.165. The van der Waals surface area contributed by atoms with Gasteiger partial charge in [0.1, 0.15) is 5.82 Å². The molecule has 0 saturated carbocycles. The van der Waals surface area contributed by atoms with E-state index in [1.165, 1.54) is 6.07 Å². The van der Waals surface area contributed by atoms with Crippen LogP contribution in [0.3, 0.4) is 0 Å². The summed E-state index contributed by atoms with van der Waals surface area (Å²) in [6, 6.07) is 10.8. The molecule has 88 valence electrons. The van der Waals surface area contributed by atoms with Crippen LogP contribution in [-0.4, -0.2) is 0 Å². The SMILES string of the molecule is Cc1cc(Cc2ccccc2F)cc(Cl)c1C. The Morgan fingerprint density at radius 2 is 1.82 bits per heavy atom. The first-order chi connectivity index (χ1) is 8.08. The van der Waals surface area contributed by atoms with E-state index in [1.807, 2.05) is 26.0 Å². The molecule has 0 saturated heterocycles. The minimum Gasteiger partial charge on any atom is -0.207 e. The minimum atomic E-state index is -0.165. The van der Waals surface area contributed by atoms with Crippen molar-refractivity contribution in [3.63, 3.8) is 0 Å². The molecule has 0 bridgehead atoms. The third-order valence-electron chi connectivity index (χ3n) is 3.02. The second kappa shape index (κ2) is 4.89. The van der Waals surface area contributed by atoms with Crippen molar-refractivity contribution in [2.24, 2.45) is 0 Å². The summed E-state index contributed by atoms with van der Waals surface area (Å²) < 4.78 is 13.5. The maximum atomic E-state index is 13.5. The van der Waals surface area contributed by atoms with Gasteiger partial charge in [0.2, 0.25) is 0 Å². The van der Waals surface area contributed by atoms with Crippen molar-refractivity contribution in [2.75, 3.05) is 0 Å². The summed E-state index contributed by atoms with van der Waals surface area (Å²) in [5, 5.41) is 0.747. The van der Waals surface area contributed by atoms with Crippen LogP contribution < -0.4 is 0 Å². The first-order valence-electron chi connectivity index (χ1n) is 5.57. The lowest BCUT2D eigenvalue weighted by molar-refractivity contribution is 0.614. The van der Waals surface area contributed by atoms with Gasteiger partial charge in [0.15, 0.2) is 0 Å². The highest BCUT2D eigenvalue weighted by Crippen LogP contribution is 2.23. The Labute approximate surface area is 106 Å². The van der Waals surface area contributed by atoms with Crippen LogP contribution in [0.5, 0.6) is 0 Å². The van der Waals surface area contributed by atoms with E-state index in [2.05, 4.69) is 6.07 Å². The number of hydrogen-bond acceptors (Lipinski definition) is 0. The number of hydrogen-bond donors (Lipinski definition) is 0. The van der Waals surface area contributed by atoms with Crippen molar-refractivity contribution >= 4 is 11.6 Å². The lowest BCUT2D eigenvalue weighted by atomic mass is 10.0. The van der Waals surface area contributed by atoms with Crippen molar-refractivity contribution in [1.82, 2.24) is 0 Å². The summed E-state index contributed by atoms with van der Waals surface area (Å²) in [5.41, 5.74) is 3.97. The fourth-order valence-electron chi connectivity index (χ4n) is 1.85. The van der Waals surface area contributed by atoms with E-state index in [-0.39, 0.29) is 5.82 Å². The van der Waals surface area contributed by atoms with E-state index in [9.17, 15) is 4.39 Å². The van der Waals surface area contributed by atoms with Gasteiger partial charge in [-0.2, -0.15) is 0 Å². The summed E-state index contributed by atoms with van der Waals surface area (Å²) in [6.45, 7) is 4.01. The highest BCUT2D eigenvalue weighted by molar-refractivity contribution is 6.31. The number of rotatable bonds is 2. The molecule has 0 radical (unpaired) electrons. The summed E-state index contributed by atoms with van der Waals surface area (Å²) in [6.07, 6.45) is 0.577. The first-order valence-corrected chi connectivity index (χ1v) is 5.95. The van der Waals surface area contributed by atoms with Crippen molar-refractivity contribution in [3.8, 4) is 0 Å². The largest absolute Gasteiger partial charge is 0.207 e. The molecule has 0 heterocycles. The van der Waals surface area contributed by atoms with Gasteiger partial charge in [-0.3, -0.25) is 0 Å². The van der Waals surface area contributed by atoms with Gasteiger partial charge in [0.05, 0.1) is 0 Å². The van der Waals surface area contributed by atoms with Gasteiger partial charge in [-0.15, -0.1) is 0 Å². The average Bonchev–Trinajstić information content (AvgIpc) is 2.29. The molecule has 0 aliphatic heterocycles. The molecule has 0 spiro atoms. The van der Waals surface area contributed by atoms with Crippen LogP contribution in [0.2, 0.25) is 5.02 Å². The summed E-state index contributed by atoms with van der Waals surface area (Å²) >= 11 is 6.13. The maximum Gasteiger partial charge on any atom is 0.126 e. The van der Waals surface area contributed by atoms with Crippen LogP contribution in [0.15, 0.2) is 36.4 Å². The Bertz CT molecular complexity index is 523. The molecule has 2 aromatic carbocycles. The molecule has 0 N–H and O–H groups in total. The summed E-state index contributed by atoms with van der Waals surface area (Å²) in [7, 11) is 0. The van der Waals surface area contributed by atoms with Gasteiger partial charge in [-0.1, -0.05) is 35.9 Å². The van der Waals surface area contributed by atoms with Crippen LogP contribution >= 0.6 is 11.6 Å². The third kappa shape index (κ3) is 2.67. The zero-order chi connectivity index (χ0) is 12.4. The topological polar surface area (TPSA) is 0 Å². The van der Waals surface area contributed by atoms with Gasteiger partial charge in [0, 0.05) is 11.4 Å². The Morgan fingerprint density at radius 3 is 2.47 bits per heavy atom. The van der Waals surface area contributed by atoms with E-state index in [4.69, 9.17) is 11.6 Å². The molecule has 0 nitrogen and oxygen atoms in total. The highest BCUT2D eigenvalue weighted by atomic mass is 35.5.